The number of allylic oxidation sites excluding steroid dienone is 1. The molecule has 306 valence electrons. The Hall–Kier alpha value is -3.53. The molecule has 3 heterocycles. The van der Waals surface area contributed by atoms with Gasteiger partial charge in [0, 0.05) is 0 Å². The highest BCUT2D eigenvalue weighted by Crippen LogP contribution is 2.44. The van der Waals surface area contributed by atoms with Gasteiger partial charge in [0.05, 0.1) is 18.8 Å². The number of carboxylic acid groups (broad SMARTS) is 1. The third kappa shape index (κ3) is 7.65. The fourth-order valence-corrected chi connectivity index (χ4v) is 6.87. The minimum atomic E-state index is -3.49. The molecule has 0 amide bonds. The maximum absolute atomic E-state index is 13.9. The summed E-state index contributed by atoms with van der Waals surface area (Å²) in [5, 5.41) is 157. The predicted molar refractivity (Wildman–Crippen MR) is 172 cm³/mol. The molecule has 1 aromatic carbocycles. The minimum Gasteiger partial charge on any atom is -0.508 e. The molecule has 1 aliphatic carbocycles. The molecule has 3 saturated heterocycles. The van der Waals surface area contributed by atoms with E-state index >= 15 is 0 Å². The van der Waals surface area contributed by atoms with Gasteiger partial charge < -0.3 is 95.5 Å². The van der Waals surface area contributed by atoms with Gasteiger partial charge in [0.2, 0.25) is 6.29 Å². The molecule has 1 aromatic rings. The summed E-state index contributed by atoms with van der Waals surface area (Å²) in [4.78, 5) is 39.0. The molecule has 0 bridgehead atoms. The van der Waals surface area contributed by atoms with Crippen LogP contribution < -0.4 is 4.74 Å². The number of aliphatic carboxylic acids is 1. The van der Waals surface area contributed by atoms with E-state index in [1.54, 1.807) is 0 Å². The smallest absolute Gasteiger partial charge is 0.335 e. The maximum Gasteiger partial charge on any atom is 0.335 e. The van der Waals surface area contributed by atoms with Gasteiger partial charge in [-0.05, 0) is 23.8 Å². The number of rotatable bonds is 10. The summed E-state index contributed by atoms with van der Waals surface area (Å²) >= 11 is 0. The molecule has 4 aliphatic rings. The first-order valence-corrected chi connectivity index (χ1v) is 16.7. The molecule has 5 rings (SSSR count). The van der Waals surface area contributed by atoms with Crippen LogP contribution in [0.2, 0.25) is 0 Å². The third-order valence-electron chi connectivity index (χ3n) is 10.1. The normalized spacial score (nSPS) is 43.3. The van der Waals surface area contributed by atoms with Crippen LogP contribution in [-0.2, 0) is 28.6 Å². The highest BCUT2D eigenvalue weighted by molar-refractivity contribution is 6.16. The topological polar surface area (TPSA) is 392 Å². The van der Waals surface area contributed by atoms with Crippen molar-refractivity contribution in [2.45, 2.75) is 103 Å². The van der Waals surface area contributed by atoms with E-state index in [0.29, 0.717) is 0 Å². The van der Waals surface area contributed by atoms with Gasteiger partial charge in [-0.2, -0.15) is 0 Å². The van der Waals surface area contributed by atoms with Crippen molar-refractivity contribution in [2.75, 3.05) is 13.2 Å². The first-order chi connectivity index (χ1) is 25.8. The Labute approximate surface area is 309 Å². The molecule has 0 saturated carbocycles. The van der Waals surface area contributed by atoms with Crippen molar-refractivity contribution in [1.82, 2.24) is 0 Å². The van der Waals surface area contributed by atoms with Gasteiger partial charge in [0.1, 0.15) is 103 Å². The van der Waals surface area contributed by atoms with Gasteiger partial charge in [-0.25, -0.2) is 4.79 Å². The average Bonchev–Trinajstić information content (AvgIpc) is 3.15. The molecule has 0 radical (unpaired) electrons. The number of carbonyl (C=O) groups excluding carboxylic acids is 2. The van der Waals surface area contributed by atoms with E-state index in [1.807, 2.05) is 0 Å². The number of aliphatic hydroxyl groups is 14. The van der Waals surface area contributed by atoms with E-state index in [0.717, 1.165) is 12.2 Å². The molecule has 22 nitrogen and oxygen atoms in total. The average molecular weight is 791 g/mol. The van der Waals surface area contributed by atoms with Crippen molar-refractivity contribution in [3.8, 4) is 5.75 Å². The first-order valence-electron chi connectivity index (χ1n) is 16.7. The number of hydrogen-bond donors (Lipinski definition) is 15. The van der Waals surface area contributed by atoms with E-state index in [1.165, 1.54) is 24.3 Å². The second-order valence-corrected chi connectivity index (χ2v) is 13.6. The Balaban J connectivity index is 1.45. The van der Waals surface area contributed by atoms with E-state index in [2.05, 4.69) is 0 Å². The summed E-state index contributed by atoms with van der Waals surface area (Å²) in [7, 11) is 0. The second-order valence-electron chi connectivity index (χ2n) is 13.6. The van der Waals surface area contributed by atoms with Crippen LogP contribution in [-0.4, -0.2) is 211 Å². The summed E-state index contributed by atoms with van der Waals surface area (Å²) in [6, 6.07) is 5.06. The lowest BCUT2D eigenvalue weighted by atomic mass is 9.66. The van der Waals surface area contributed by atoms with E-state index in [4.69, 9.17) is 18.9 Å². The number of Topliss-reactive ketones (excluding diaryl/α,β-unsaturated/α-hetero) is 1. The summed E-state index contributed by atoms with van der Waals surface area (Å²) in [6.07, 6.45) is -31.5. The molecule has 18 atom stereocenters. The summed E-state index contributed by atoms with van der Waals surface area (Å²) < 4.78 is 21.0. The molecular formula is C33H42O22. The number of hydrogen-bond acceptors (Lipinski definition) is 21. The van der Waals surface area contributed by atoms with Crippen LogP contribution in [0.1, 0.15) is 5.56 Å². The van der Waals surface area contributed by atoms with Crippen LogP contribution in [0.15, 0.2) is 41.7 Å². The van der Waals surface area contributed by atoms with Gasteiger partial charge in [0.15, 0.2) is 23.3 Å². The lowest BCUT2D eigenvalue weighted by molar-refractivity contribution is -0.285. The Morgan fingerprint density at radius 3 is 2.07 bits per heavy atom. The number of ether oxygens (including phenoxy) is 4. The fourth-order valence-electron chi connectivity index (χ4n) is 6.87. The zero-order chi connectivity index (χ0) is 40.8. The summed E-state index contributed by atoms with van der Waals surface area (Å²) in [5.41, 5.74) is -4.59. The number of carbonyl (C=O) groups is 3. The SMILES string of the molecule is O=C(O)C1OC(Oc2ccc(/C=C/C(=O)C3C(=O)C(C(O)C4OCC(O)C(O)C4O)=C(O)C(O)(C4OC(CO)C(O)C(O)C4O)C3O)cc2)C(O)C(O)C1O. The standard InChI is InChI=1S/C33H42O22/c34-7-13-17(38)20(41)24(45)30(54-13)33(51)28(47)14(18(39)15(29(33)48)19(40)26-22(43)16(37)12(36)8-52-26)11(35)6-3-9-1-4-10(5-2-9)53-32-25(46)21(42)23(44)27(55-32)31(49)50/h1-6,12-14,16-17,19-28,30,32,34,36-38,40-48,51H,7-8H2,(H,49,50)/b6-3+. The molecule has 18 unspecified atom stereocenters. The lowest BCUT2D eigenvalue weighted by Crippen LogP contribution is -2.72. The number of benzene rings is 1. The molecule has 15 N–H and O–H groups in total. The number of aliphatic hydroxyl groups excluding tert-OH is 13. The van der Waals surface area contributed by atoms with Crippen molar-refractivity contribution < 1.29 is 110 Å². The highest BCUT2D eigenvalue weighted by atomic mass is 16.7. The molecule has 55 heavy (non-hydrogen) atoms. The van der Waals surface area contributed by atoms with Crippen LogP contribution in [0.5, 0.6) is 5.75 Å². The van der Waals surface area contributed by atoms with E-state index < -0.39 is 151 Å². The zero-order valence-electron chi connectivity index (χ0n) is 28.3. The highest BCUT2D eigenvalue weighted by Gasteiger charge is 2.65. The van der Waals surface area contributed by atoms with Gasteiger partial charge in [-0.1, -0.05) is 18.2 Å². The Morgan fingerprint density at radius 2 is 1.47 bits per heavy atom. The Bertz CT molecular complexity index is 1630. The van der Waals surface area contributed by atoms with Gasteiger partial charge in [-0.15, -0.1) is 0 Å². The van der Waals surface area contributed by atoms with Gasteiger partial charge in [0.25, 0.3) is 0 Å². The predicted octanol–water partition coefficient (Wildman–Crippen LogP) is -7.67. The second kappa shape index (κ2) is 16.5. The van der Waals surface area contributed by atoms with Crippen LogP contribution in [0, 0.1) is 5.92 Å². The number of ketones is 2. The van der Waals surface area contributed by atoms with Crippen molar-refractivity contribution in [3.05, 3.63) is 47.2 Å². The van der Waals surface area contributed by atoms with Gasteiger partial charge >= 0.3 is 5.97 Å². The van der Waals surface area contributed by atoms with E-state index in [9.17, 15) is 91.0 Å². The van der Waals surface area contributed by atoms with Crippen LogP contribution in [0.4, 0.5) is 0 Å². The monoisotopic (exact) mass is 790 g/mol. The van der Waals surface area contributed by atoms with Crippen molar-refractivity contribution in [3.63, 3.8) is 0 Å². The largest absolute Gasteiger partial charge is 0.508 e. The van der Waals surface area contributed by atoms with Crippen LogP contribution >= 0.6 is 0 Å². The Kier molecular flexibility index (Phi) is 12.8. The fraction of sp³-hybridized carbons (Fsp3) is 0.606. The minimum absolute atomic E-state index is 0.0632. The molecule has 22 heteroatoms. The van der Waals surface area contributed by atoms with Crippen LogP contribution in [0.25, 0.3) is 6.08 Å². The third-order valence-corrected chi connectivity index (χ3v) is 10.1. The lowest BCUT2D eigenvalue weighted by Gasteiger charge is -2.51. The van der Waals surface area contributed by atoms with E-state index in [-0.39, 0.29) is 11.3 Å². The van der Waals surface area contributed by atoms with Crippen molar-refractivity contribution in [2.24, 2.45) is 5.92 Å². The Morgan fingerprint density at radius 1 is 0.855 bits per heavy atom. The van der Waals surface area contributed by atoms with Crippen molar-refractivity contribution in [1.29, 1.82) is 0 Å². The summed E-state index contributed by atoms with van der Waals surface area (Å²) in [6.45, 7) is -1.76. The number of carboxylic acids is 1. The van der Waals surface area contributed by atoms with Gasteiger partial charge in [-0.3, -0.25) is 9.59 Å². The zero-order valence-corrected chi connectivity index (χ0v) is 28.3. The molecule has 3 aliphatic heterocycles. The summed E-state index contributed by atoms with van der Waals surface area (Å²) in [5.74, 6) is -8.67. The molecular weight excluding hydrogens is 748 g/mol. The molecule has 0 spiro atoms. The van der Waals surface area contributed by atoms with Crippen LogP contribution in [0.3, 0.4) is 0 Å². The molecule has 3 fully saturated rings. The van der Waals surface area contributed by atoms with Crippen molar-refractivity contribution >= 4 is 23.6 Å². The maximum atomic E-state index is 13.9. The quantitative estimate of drug-likeness (QED) is 0.0773. The first kappa shape index (κ1) is 42.6. The molecule has 0 aromatic heterocycles.